The predicted octanol–water partition coefficient (Wildman–Crippen LogP) is 3.72. The van der Waals surface area contributed by atoms with E-state index in [4.69, 9.17) is 16.3 Å². The summed E-state index contributed by atoms with van der Waals surface area (Å²) in [5.41, 5.74) is 1.40. The summed E-state index contributed by atoms with van der Waals surface area (Å²) in [5, 5.41) is 11.9. The van der Waals surface area contributed by atoms with Crippen molar-refractivity contribution in [1.29, 1.82) is 5.26 Å². The van der Waals surface area contributed by atoms with Crippen LogP contribution in [0, 0.1) is 11.3 Å². The maximum absolute atomic E-state index is 12.3. The van der Waals surface area contributed by atoms with Gasteiger partial charge in [0.15, 0.2) is 0 Å². The van der Waals surface area contributed by atoms with Crippen LogP contribution in [0.5, 0.6) is 5.75 Å². The third kappa shape index (κ3) is 6.36. The number of hydrogen-bond acceptors (Lipinski definition) is 8. The Morgan fingerprint density at radius 3 is 2.48 bits per heavy atom. The van der Waals surface area contributed by atoms with Gasteiger partial charge in [-0.1, -0.05) is 35.9 Å². The van der Waals surface area contributed by atoms with Gasteiger partial charge in [-0.05, 0) is 41.5 Å². The number of carbonyl (C=O) groups is 1. The maximum Gasteiger partial charge on any atom is 0.268 e. The highest BCUT2D eigenvalue weighted by atomic mass is 35.5. The fraction of sp³-hybridized carbons (Fsp3) is 0.100. The lowest BCUT2D eigenvalue weighted by Crippen LogP contribution is -2.13. The van der Waals surface area contributed by atoms with Crippen molar-refractivity contribution in [1.82, 2.24) is 9.36 Å². The smallest absolute Gasteiger partial charge is 0.268 e. The van der Waals surface area contributed by atoms with Gasteiger partial charge >= 0.3 is 0 Å². The molecule has 1 N–H and O–H groups in total. The zero-order valence-corrected chi connectivity index (χ0v) is 18.5. The Bertz CT molecular complexity index is 1260. The van der Waals surface area contributed by atoms with Crippen LogP contribution in [0.2, 0.25) is 5.02 Å². The van der Waals surface area contributed by atoms with Gasteiger partial charge < -0.3 is 4.74 Å². The van der Waals surface area contributed by atoms with Crippen molar-refractivity contribution >= 4 is 50.1 Å². The van der Waals surface area contributed by atoms with Crippen LogP contribution in [0.4, 0.5) is 5.13 Å². The summed E-state index contributed by atoms with van der Waals surface area (Å²) in [6, 6.07) is 16.0. The second-order valence-electron chi connectivity index (χ2n) is 6.26. The minimum absolute atomic E-state index is 0.0162. The van der Waals surface area contributed by atoms with Crippen LogP contribution < -0.4 is 10.1 Å². The van der Waals surface area contributed by atoms with Crippen LogP contribution in [0.25, 0.3) is 6.08 Å². The van der Waals surface area contributed by atoms with Crippen LogP contribution >= 0.6 is 23.1 Å². The number of hydrogen-bond donors (Lipinski definition) is 1. The zero-order valence-electron chi connectivity index (χ0n) is 16.1. The Morgan fingerprint density at radius 1 is 1.23 bits per heavy atom. The standard InChI is InChI=1S/C20H15ClN4O4S2/c1-31(27,28)20-24-19(30-25-20)23-18(26)15(11-22)10-13-4-8-17(9-5-13)29-12-14-2-6-16(21)7-3-14/h2-10H,12H2,1H3,(H,23,24,25,26)/b15-10-. The Balaban J connectivity index is 1.64. The molecule has 3 aromatic rings. The van der Waals surface area contributed by atoms with E-state index < -0.39 is 15.7 Å². The number of carbonyl (C=O) groups excluding carboxylic acids is 1. The SMILES string of the molecule is CS(=O)(=O)c1nsc(NC(=O)/C(C#N)=C\c2ccc(OCc3ccc(Cl)cc3)cc2)n1. The van der Waals surface area contributed by atoms with E-state index in [2.05, 4.69) is 14.7 Å². The Morgan fingerprint density at radius 2 is 1.90 bits per heavy atom. The molecule has 1 aromatic heterocycles. The number of ether oxygens (including phenoxy) is 1. The van der Waals surface area contributed by atoms with Gasteiger partial charge in [0, 0.05) is 22.8 Å². The number of rotatable bonds is 7. The van der Waals surface area contributed by atoms with Gasteiger partial charge in [0.2, 0.25) is 15.0 Å². The minimum atomic E-state index is -3.58. The normalized spacial score (nSPS) is 11.6. The molecule has 11 heteroatoms. The summed E-state index contributed by atoms with van der Waals surface area (Å²) in [5.74, 6) is -0.0982. The molecule has 0 aliphatic rings. The number of nitrogens with one attached hydrogen (secondary N) is 1. The van der Waals surface area contributed by atoms with E-state index in [-0.39, 0.29) is 15.9 Å². The molecule has 0 spiro atoms. The second kappa shape index (κ2) is 9.70. The lowest BCUT2D eigenvalue weighted by Gasteiger charge is -2.07. The highest BCUT2D eigenvalue weighted by Gasteiger charge is 2.17. The number of anilines is 1. The average Bonchev–Trinajstić information content (AvgIpc) is 3.21. The summed E-state index contributed by atoms with van der Waals surface area (Å²) in [6.45, 7) is 0.371. The molecule has 158 valence electrons. The summed E-state index contributed by atoms with van der Waals surface area (Å²) >= 11 is 6.57. The first-order valence-electron chi connectivity index (χ1n) is 8.69. The third-order valence-corrected chi connectivity index (χ3v) is 5.68. The van der Waals surface area contributed by atoms with E-state index in [9.17, 15) is 18.5 Å². The molecule has 0 aliphatic carbocycles. The number of sulfone groups is 1. The topological polar surface area (TPSA) is 122 Å². The van der Waals surface area contributed by atoms with Gasteiger partial charge in [-0.15, -0.1) is 0 Å². The lowest BCUT2D eigenvalue weighted by molar-refractivity contribution is -0.112. The second-order valence-corrected chi connectivity index (χ2v) is 9.36. The molecule has 0 saturated carbocycles. The fourth-order valence-corrected chi connectivity index (χ4v) is 3.86. The van der Waals surface area contributed by atoms with E-state index in [1.54, 1.807) is 36.4 Å². The maximum atomic E-state index is 12.3. The van der Waals surface area contributed by atoms with Gasteiger partial charge in [0.1, 0.15) is 24.0 Å². The minimum Gasteiger partial charge on any atom is -0.489 e. The molecule has 0 saturated heterocycles. The number of halogens is 1. The van der Waals surface area contributed by atoms with Crippen LogP contribution in [0.3, 0.4) is 0 Å². The number of amides is 1. The first kappa shape index (κ1) is 22.4. The van der Waals surface area contributed by atoms with Crippen molar-refractivity contribution in [3.63, 3.8) is 0 Å². The summed E-state index contributed by atoms with van der Waals surface area (Å²) < 4.78 is 32.2. The molecular weight excluding hydrogens is 460 g/mol. The van der Waals surface area contributed by atoms with Crippen molar-refractivity contribution in [3.05, 3.63) is 70.3 Å². The highest BCUT2D eigenvalue weighted by Crippen LogP contribution is 2.19. The molecule has 0 unspecified atom stereocenters. The molecule has 0 aliphatic heterocycles. The van der Waals surface area contributed by atoms with Gasteiger partial charge in [-0.2, -0.15) is 14.6 Å². The molecule has 0 fully saturated rings. The zero-order chi connectivity index (χ0) is 22.4. The van der Waals surface area contributed by atoms with Crippen LogP contribution in [-0.2, 0) is 21.2 Å². The molecule has 1 amide bonds. The first-order valence-corrected chi connectivity index (χ1v) is 11.7. The van der Waals surface area contributed by atoms with E-state index in [1.807, 2.05) is 18.2 Å². The average molecular weight is 475 g/mol. The number of benzene rings is 2. The quantitative estimate of drug-likeness (QED) is 0.409. The molecule has 31 heavy (non-hydrogen) atoms. The molecule has 2 aromatic carbocycles. The largest absolute Gasteiger partial charge is 0.489 e. The Hall–Kier alpha value is -3.26. The van der Waals surface area contributed by atoms with E-state index >= 15 is 0 Å². The number of nitrogens with zero attached hydrogens (tertiary/aromatic N) is 3. The van der Waals surface area contributed by atoms with Crippen LogP contribution in [0.1, 0.15) is 11.1 Å². The Kier molecular flexibility index (Phi) is 7.02. The number of nitriles is 1. The summed E-state index contributed by atoms with van der Waals surface area (Å²) in [7, 11) is -3.58. The van der Waals surface area contributed by atoms with E-state index in [1.165, 1.54) is 6.08 Å². The highest BCUT2D eigenvalue weighted by molar-refractivity contribution is 7.90. The van der Waals surface area contributed by atoms with E-state index in [0.717, 1.165) is 11.8 Å². The summed E-state index contributed by atoms with van der Waals surface area (Å²) in [4.78, 5) is 16.0. The molecule has 0 radical (unpaired) electrons. The third-order valence-electron chi connectivity index (χ3n) is 3.83. The predicted molar refractivity (Wildman–Crippen MR) is 117 cm³/mol. The first-order chi connectivity index (χ1) is 14.7. The van der Waals surface area contributed by atoms with Crippen molar-refractivity contribution in [2.45, 2.75) is 11.8 Å². The number of aromatic nitrogens is 2. The lowest BCUT2D eigenvalue weighted by atomic mass is 10.1. The molecule has 1 heterocycles. The molecule has 3 rings (SSSR count). The van der Waals surface area contributed by atoms with Gasteiger partial charge in [-0.25, -0.2) is 8.42 Å². The monoisotopic (exact) mass is 474 g/mol. The molecule has 0 atom stereocenters. The van der Waals surface area contributed by atoms with Gasteiger partial charge in [-0.3, -0.25) is 10.1 Å². The summed E-state index contributed by atoms with van der Waals surface area (Å²) in [6.07, 6.45) is 2.36. The van der Waals surface area contributed by atoms with Crippen molar-refractivity contribution in [2.24, 2.45) is 0 Å². The van der Waals surface area contributed by atoms with Gasteiger partial charge in [0.05, 0.1) is 0 Å². The fourth-order valence-electron chi connectivity index (χ4n) is 2.30. The molecular formula is C20H15ClN4O4S2. The van der Waals surface area contributed by atoms with Crippen LogP contribution in [0.15, 0.2) is 59.3 Å². The van der Waals surface area contributed by atoms with Crippen LogP contribution in [-0.4, -0.2) is 29.9 Å². The Labute approximate surface area is 187 Å². The van der Waals surface area contributed by atoms with E-state index in [0.29, 0.717) is 34.5 Å². The molecule has 0 bridgehead atoms. The molecule has 8 nitrogen and oxygen atoms in total. The van der Waals surface area contributed by atoms with Crippen molar-refractivity contribution < 1.29 is 17.9 Å². The van der Waals surface area contributed by atoms with Crippen molar-refractivity contribution in [3.8, 4) is 11.8 Å². The van der Waals surface area contributed by atoms with Gasteiger partial charge in [0.25, 0.3) is 11.1 Å². The van der Waals surface area contributed by atoms with Crippen molar-refractivity contribution in [2.75, 3.05) is 11.6 Å².